The highest BCUT2D eigenvalue weighted by Gasteiger charge is 2.34. The number of fused-ring (bicyclic) bond motifs is 2. The Bertz CT molecular complexity index is 101. The molecule has 1 N–H and O–H groups in total. The van der Waals surface area contributed by atoms with Crippen molar-refractivity contribution in [1.29, 1.82) is 0 Å². The lowest BCUT2D eigenvalue weighted by atomic mass is 10.2. The number of likely N-dealkylation sites (tertiary alicyclic amines) is 1. The molecule has 0 amide bonds. The lowest BCUT2D eigenvalue weighted by Crippen LogP contribution is -2.41. The molecule has 2 heteroatoms. The van der Waals surface area contributed by atoms with E-state index in [9.17, 15) is 0 Å². The minimum atomic E-state index is 0.722. The molecular formula is C6H12N2. The molecule has 0 aromatic rings. The first kappa shape index (κ1) is 4.77. The van der Waals surface area contributed by atoms with Gasteiger partial charge in [-0.3, -0.25) is 4.90 Å². The van der Waals surface area contributed by atoms with Gasteiger partial charge in [-0.1, -0.05) is 0 Å². The van der Waals surface area contributed by atoms with E-state index in [4.69, 9.17) is 0 Å². The van der Waals surface area contributed by atoms with Gasteiger partial charge in [0.15, 0.2) is 0 Å². The minimum Gasteiger partial charge on any atom is -0.301 e. The van der Waals surface area contributed by atoms with Gasteiger partial charge in [-0.25, -0.2) is 0 Å². The van der Waals surface area contributed by atoms with E-state index in [2.05, 4.69) is 17.3 Å². The van der Waals surface area contributed by atoms with Crippen LogP contribution in [0.4, 0.5) is 0 Å². The average Bonchev–Trinajstić information content (AvgIpc) is 2.23. The topological polar surface area (TPSA) is 15.3 Å². The van der Waals surface area contributed by atoms with Crippen molar-refractivity contribution < 1.29 is 0 Å². The summed E-state index contributed by atoms with van der Waals surface area (Å²) in [6.07, 6.45) is 2.11. The average molecular weight is 112 g/mol. The first-order valence-electron chi connectivity index (χ1n) is 3.30. The Morgan fingerprint density at radius 3 is 2.75 bits per heavy atom. The number of nitrogens with zero attached hydrogens (tertiary/aromatic N) is 1. The van der Waals surface area contributed by atoms with Crippen molar-refractivity contribution in [2.45, 2.75) is 12.6 Å². The number of hydrogen-bond acceptors (Lipinski definition) is 2. The highest BCUT2D eigenvalue weighted by molar-refractivity contribution is 4.89. The van der Waals surface area contributed by atoms with Crippen LogP contribution in [0, 0.1) is 5.92 Å². The van der Waals surface area contributed by atoms with Gasteiger partial charge in [-0.05, 0) is 19.4 Å². The predicted molar refractivity (Wildman–Crippen MR) is 32.5 cm³/mol. The fraction of sp³-hybridized carbons (Fsp3) is 1.00. The monoisotopic (exact) mass is 112 g/mol. The van der Waals surface area contributed by atoms with E-state index < -0.39 is 0 Å². The molecule has 0 aliphatic carbocycles. The smallest absolute Gasteiger partial charge is 0.0598 e. The van der Waals surface area contributed by atoms with Crippen LogP contribution in [0.15, 0.2) is 0 Å². The fourth-order valence-electron chi connectivity index (χ4n) is 1.79. The summed E-state index contributed by atoms with van der Waals surface area (Å²) in [5.74, 6) is 0.963. The molecule has 0 saturated carbocycles. The lowest BCUT2D eigenvalue weighted by molar-refractivity contribution is 0.242. The summed E-state index contributed by atoms with van der Waals surface area (Å²) >= 11 is 0. The number of nitrogens with one attached hydrogen (secondary N) is 1. The molecule has 2 rings (SSSR count). The van der Waals surface area contributed by atoms with E-state index in [1.807, 2.05) is 0 Å². The maximum Gasteiger partial charge on any atom is 0.0598 e. The molecular weight excluding hydrogens is 100 g/mol. The van der Waals surface area contributed by atoms with Crippen LogP contribution >= 0.6 is 0 Å². The van der Waals surface area contributed by atoms with Gasteiger partial charge in [0.2, 0.25) is 0 Å². The Labute approximate surface area is 49.9 Å². The zero-order valence-corrected chi connectivity index (χ0v) is 5.22. The summed E-state index contributed by atoms with van der Waals surface area (Å²) in [4.78, 5) is 2.40. The fourth-order valence-corrected chi connectivity index (χ4v) is 1.79. The zero-order valence-electron chi connectivity index (χ0n) is 5.22. The third-order valence-corrected chi connectivity index (χ3v) is 2.28. The van der Waals surface area contributed by atoms with Crippen LogP contribution < -0.4 is 5.32 Å². The molecule has 0 aromatic carbocycles. The summed E-state index contributed by atoms with van der Waals surface area (Å²) in [5.41, 5.74) is 0. The molecule has 2 saturated heterocycles. The number of hydrogen-bond donors (Lipinski definition) is 1. The predicted octanol–water partition coefficient (Wildman–Crippen LogP) is -0.133. The molecule has 2 bridgehead atoms. The molecule has 2 aliphatic heterocycles. The normalized spacial score (nSPS) is 46.1. The number of rotatable bonds is 0. The standard InChI is InChI=1S/C6H12N2/c1-8-4-5-2-6(8)7-3-5/h5-7H,2-4H2,1H3. The van der Waals surface area contributed by atoms with Crippen molar-refractivity contribution in [2.24, 2.45) is 5.92 Å². The highest BCUT2D eigenvalue weighted by Crippen LogP contribution is 2.24. The van der Waals surface area contributed by atoms with Gasteiger partial charge in [0.25, 0.3) is 0 Å². The second-order valence-electron chi connectivity index (χ2n) is 2.97. The van der Waals surface area contributed by atoms with Gasteiger partial charge in [0.05, 0.1) is 6.17 Å². The Hall–Kier alpha value is -0.0800. The second-order valence-corrected chi connectivity index (χ2v) is 2.97. The molecule has 0 radical (unpaired) electrons. The van der Waals surface area contributed by atoms with Crippen LogP contribution in [0.3, 0.4) is 0 Å². The van der Waals surface area contributed by atoms with E-state index >= 15 is 0 Å². The van der Waals surface area contributed by atoms with Crippen LogP contribution in [0.1, 0.15) is 6.42 Å². The van der Waals surface area contributed by atoms with Gasteiger partial charge < -0.3 is 5.32 Å². The van der Waals surface area contributed by atoms with Crippen LogP contribution in [0.5, 0.6) is 0 Å². The Balaban J connectivity index is 2.11. The largest absolute Gasteiger partial charge is 0.301 e. The molecule has 8 heavy (non-hydrogen) atoms. The minimum absolute atomic E-state index is 0.722. The molecule has 2 unspecified atom stereocenters. The lowest BCUT2D eigenvalue weighted by Gasteiger charge is -2.22. The third kappa shape index (κ3) is 0.501. The molecule has 2 fully saturated rings. The van der Waals surface area contributed by atoms with Crippen molar-refractivity contribution in [3.8, 4) is 0 Å². The van der Waals surface area contributed by atoms with Crippen LogP contribution in [-0.2, 0) is 0 Å². The van der Waals surface area contributed by atoms with Gasteiger partial charge in [-0.15, -0.1) is 0 Å². The molecule has 2 heterocycles. The van der Waals surface area contributed by atoms with Gasteiger partial charge >= 0.3 is 0 Å². The first-order valence-corrected chi connectivity index (χ1v) is 3.30. The summed E-state index contributed by atoms with van der Waals surface area (Å²) in [6.45, 7) is 2.58. The summed E-state index contributed by atoms with van der Waals surface area (Å²) in [7, 11) is 2.19. The quantitative estimate of drug-likeness (QED) is 0.469. The Morgan fingerprint density at radius 2 is 2.50 bits per heavy atom. The molecule has 2 nitrogen and oxygen atoms in total. The second kappa shape index (κ2) is 1.45. The van der Waals surface area contributed by atoms with E-state index in [1.54, 1.807) is 0 Å². The van der Waals surface area contributed by atoms with Gasteiger partial charge in [-0.2, -0.15) is 0 Å². The summed E-state index contributed by atoms with van der Waals surface area (Å²) < 4.78 is 0. The molecule has 46 valence electrons. The maximum absolute atomic E-state index is 3.43. The first-order chi connectivity index (χ1) is 3.86. The van der Waals surface area contributed by atoms with Crippen molar-refractivity contribution in [3.05, 3.63) is 0 Å². The van der Waals surface area contributed by atoms with E-state index in [-0.39, 0.29) is 0 Å². The SMILES string of the molecule is CN1CC2CNC1C2. The van der Waals surface area contributed by atoms with E-state index in [1.165, 1.54) is 19.5 Å². The zero-order chi connectivity index (χ0) is 5.56. The van der Waals surface area contributed by atoms with Crippen molar-refractivity contribution in [1.82, 2.24) is 10.2 Å². The summed E-state index contributed by atoms with van der Waals surface area (Å²) in [5, 5.41) is 3.43. The van der Waals surface area contributed by atoms with Gasteiger partial charge in [0.1, 0.15) is 0 Å². The van der Waals surface area contributed by atoms with Crippen molar-refractivity contribution in [3.63, 3.8) is 0 Å². The highest BCUT2D eigenvalue weighted by atomic mass is 15.3. The van der Waals surface area contributed by atoms with Crippen LogP contribution in [-0.4, -0.2) is 31.2 Å². The Morgan fingerprint density at radius 1 is 1.62 bits per heavy atom. The van der Waals surface area contributed by atoms with Gasteiger partial charge in [0, 0.05) is 13.1 Å². The molecule has 2 atom stereocenters. The molecule has 2 aliphatic rings. The molecule has 0 spiro atoms. The van der Waals surface area contributed by atoms with Crippen LogP contribution in [0.25, 0.3) is 0 Å². The maximum atomic E-state index is 3.43. The van der Waals surface area contributed by atoms with Crippen molar-refractivity contribution >= 4 is 0 Å². The molecule has 0 aromatic heterocycles. The van der Waals surface area contributed by atoms with Crippen molar-refractivity contribution in [2.75, 3.05) is 20.1 Å². The Kier molecular flexibility index (Phi) is 0.866. The van der Waals surface area contributed by atoms with Crippen LogP contribution in [0.2, 0.25) is 0 Å². The van der Waals surface area contributed by atoms with E-state index in [0.717, 1.165) is 12.1 Å². The third-order valence-electron chi connectivity index (χ3n) is 2.28. The summed E-state index contributed by atoms with van der Waals surface area (Å²) in [6, 6.07) is 0. The van der Waals surface area contributed by atoms with E-state index in [0.29, 0.717) is 0 Å².